The first-order valence-corrected chi connectivity index (χ1v) is 8.95. The van der Waals surface area contributed by atoms with Crippen molar-refractivity contribution < 1.29 is 9.59 Å². The van der Waals surface area contributed by atoms with Crippen molar-refractivity contribution in [1.29, 1.82) is 0 Å². The normalized spacial score (nSPS) is 25.8. The molecule has 0 bridgehead atoms. The Morgan fingerprint density at radius 3 is 2.62 bits per heavy atom. The lowest BCUT2D eigenvalue weighted by Gasteiger charge is -2.56. The highest BCUT2D eigenvalue weighted by Gasteiger charge is 2.48. The Morgan fingerprint density at radius 2 is 1.92 bits per heavy atom. The Labute approximate surface area is 143 Å². The number of amides is 2. The van der Waals surface area contributed by atoms with E-state index in [1.54, 1.807) is 0 Å². The summed E-state index contributed by atoms with van der Waals surface area (Å²) in [5.74, 6) is 0.246. The van der Waals surface area contributed by atoms with Gasteiger partial charge in [0.25, 0.3) is 0 Å². The highest BCUT2D eigenvalue weighted by atomic mass is 16.2. The van der Waals surface area contributed by atoms with Crippen LogP contribution in [-0.2, 0) is 9.59 Å². The molecule has 0 radical (unpaired) electrons. The van der Waals surface area contributed by atoms with Crippen LogP contribution in [0.3, 0.4) is 0 Å². The van der Waals surface area contributed by atoms with Gasteiger partial charge in [-0.2, -0.15) is 0 Å². The van der Waals surface area contributed by atoms with Crippen LogP contribution >= 0.6 is 0 Å². The van der Waals surface area contributed by atoms with Crippen molar-refractivity contribution in [2.45, 2.75) is 43.6 Å². The van der Waals surface area contributed by atoms with Gasteiger partial charge in [-0.15, -0.1) is 0 Å². The minimum atomic E-state index is 0.00589. The van der Waals surface area contributed by atoms with E-state index >= 15 is 0 Å². The van der Waals surface area contributed by atoms with E-state index in [0.717, 1.165) is 50.1 Å². The predicted molar refractivity (Wildman–Crippen MR) is 92.8 cm³/mol. The Hall–Kier alpha value is -1.88. The molecule has 0 aromatic heterocycles. The first-order chi connectivity index (χ1) is 11.6. The minimum Gasteiger partial charge on any atom is -0.337 e. The monoisotopic (exact) mass is 327 g/mol. The van der Waals surface area contributed by atoms with Gasteiger partial charge in [0.2, 0.25) is 11.8 Å². The number of benzene rings is 1. The largest absolute Gasteiger partial charge is 0.337 e. The third-order valence-corrected chi connectivity index (χ3v) is 6.12. The third-order valence-electron chi connectivity index (χ3n) is 6.12. The first-order valence-electron chi connectivity index (χ1n) is 8.95. The first kappa shape index (κ1) is 15.6. The highest BCUT2D eigenvalue weighted by molar-refractivity contribution is 5.95. The fourth-order valence-electron chi connectivity index (χ4n) is 4.49. The Morgan fingerprint density at radius 1 is 1.21 bits per heavy atom. The molecule has 0 aliphatic carbocycles. The van der Waals surface area contributed by atoms with Crippen LogP contribution in [-0.4, -0.2) is 53.8 Å². The van der Waals surface area contributed by atoms with E-state index in [9.17, 15) is 9.59 Å². The van der Waals surface area contributed by atoms with Gasteiger partial charge in [0.1, 0.15) is 0 Å². The molecule has 3 aliphatic rings. The molecule has 3 heterocycles. The SMILES string of the molecule is CN1CCC2(CC1)CCN2C(=O)CC1CC(=O)Nc2ccccc21. The summed E-state index contributed by atoms with van der Waals surface area (Å²) in [7, 11) is 2.15. The standard InChI is InChI=1S/C19H25N3O2/c1-21-9-6-19(7-10-21)8-11-22(19)18(24)13-14-12-17(23)20-16-5-3-2-4-15(14)16/h2-5,14H,6-13H2,1H3,(H,20,23). The maximum Gasteiger partial charge on any atom is 0.225 e. The zero-order valence-corrected chi connectivity index (χ0v) is 14.3. The van der Waals surface area contributed by atoms with Crippen molar-refractivity contribution in [3.05, 3.63) is 29.8 Å². The summed E-state index contributed by atoms with van der Waals surface area (Å²) in [6, 6.07) is 7.86. The van der Waals surface area contributed by atoms with Gasteiger partial charge in [0, 0.05) is 49.6 Å². The summed E-state index contributed by atoms with van der Waals surface area (Å²) >= 11 is 0. The van der Waals surface area contributed by atoms with Gasteiger partial charge in [-0.3, -0.25) is 9.59 Å². The lowest BCUT2D eigenvalue weighted by molar-refractivity contribution is -0.152. The van der Waals surface area contributed by atoms with Crippen LogP contribution in [0.4, 0.5) is 5.69 Å². The van der Waals surface area contributed by atoms with E-state index in [2.05, 4.69) is 22.2 Å². The summed E-state index contributed by atoms with van der Waals surface area (Å²) in [5.41, 5.74) is 2.06. The highest BCUT2D eigenvalue weighted by Crippen LogP contribution is 2.42. The molecule has 1 atom stereocenters. The van der Waals surface area contributed by atoms with Crippen LogP contribution in [0.15, 0.2) is 24.3 Å². The predicted octanol–water partition coefficient (Wildman–Crippen LogP) is 2.20. The van der Waals surface area contributed by atoms with Gasteiger partial charge < -0.3 is 15.1 Å². The van der Waals surface area contributed by atoms with Crippen molar-refractivity contribution in [3.8, 4) is 0 Å². The van der Waals surface area contributed by atoms with Gasteiger partial charge in [-0.1, -0.05) is 18.2 Å². The van der Waals surface area contributed by atoms with Crippen molar-refractivity contribution in [1.82, 2.24) is 9.80 Å². The number of nitrogens with one attached hydrogen (secondary N) is 1. The van der Waals surface area contributed by atoms with Crippen LogP contribution in [0.2, 0.25) is 0 Å². The summed E-state index contributed by atoms with van der Waals surface area (Å²) < 4.78 is 0. The summed E-state index contributed by atoms with van der Waals surface area (Å²) in [4.78, 5) is 29.4. The molecule has 2 fully saturated rings. The van der Waals surface area contributed by atoms with Gasteiger partial charge in [-0.25, -0.2) is 0 Å². The number of carbonyl (C=O) groups is 2. The van der Waals surface area contributed by atoms with Crippen LogP contribution in [0.5, 0.6) is 0 Å². The molecule has 4 rings (SSSR count). The molecule has 128 valence electrons. The number of likely N-dealkylation sites (tertiary alicyclic amines) is 2. The molecule has 1 aromatic carbocycles. The average molecular weight is 327 g/mol. The molecule has 0 saturated carbocycles. The molecule has 24 heavy (non-hydrogen) atoms. The number of hydrogen-bond acceptors (Lipinski definition) is 3. The molecule has 5 nitrogen and oxygen atoms in total. The molecule has 2 saturated heterocycles. The van der Waals surface area contributed by atoms with Gasteiger partial charge >= 0.3 is 0 Å². The molecule has 1 unspecified atom stereocenters. The molecular weight excluding hydrogens is 302 g/mol. The second-order valence-corrected chi connectivity index (χ2v) is 7.56. The second-order valence-electron chi connectivity index (χ2n) is 7.56. The molecule has 2 amide bonds. The second kappa shape index (κ2) is 5.88. The van der Waals surface area contributed by atoms with E-state index in [-0.39, 0.29) is 23.3 Å². The van der Waals surface area contributed by atoms with E-state index in [1.807, 2.05) is 24.3 Å². The number of piperidine rings is 1. The zero-order chi connectivity index (χ0) is 16.7. The number of nitrogens with zero attached hydrogens (tertiary/aromatic N) is 2. The zero-order valence-electron chi connectivity index (χ0n) is 14.3. The fraction of sp³-hybridized carbons (Fsp3) is 0.579. The lowest BCUT2D eigenvalue weighted by atomic mass is 9.75. The Balaban J connectivity index is 1.48. The maximum atomic E-state index is 12.9. The minimum absolute atomic E-state index is 0.00589. The molecule has 5 heteroatoms. The van der Waals surface area contributed by atoms with E-state index < -0.39 is 0 Å². The molecule has 1 aromatic rings. The number of carbonyl (C=O) groups excluding carboxylic acids is 2. The van der Waals surface area contributed by atoms with E-state index in [1.165, 1.54) is 0 Å². The topological polar surface area (TPSA) is 52.7 Å². The van der Waals surface area contributed by atoms with Crippen LogP contribution in [0, 0.1) is 0 Å². The smallest absolute Gasteiger partial charge is 0.225 e. The van der Waals surface area contributed by atoms with Crippen molar-refractivity contribution in [3.63, 3.8) is 0 Å². The van der Waals surface area contributed by atoms with Crippen LogP contribution < -0.4 is 5.32 Å². The van der Waals surface area contributed by atoms with E-state index in [4.69, 9.17) is 0 Å². The maximum absolute atomic E-state index is 12.9. The molecular formula is C19H25N3O2. The quantitative estimate of drug-likeness (QED) is 0.906. The lowest BCUT2D eigenvalue weighted by Crippen LogP contribution is -2.65. The van der Waals surface area contributed by atoms with Crippen molar-refractivity contribution >= 4 is 17.5 Å². The number of rotatable bonds is 2. The van der Waals surface area contributed by atoms with E-state index in [0.29, 0.717) is 12.8 Å². The van der Waals surface area contributed by atoms with Gasteiger partial charge in [-0.05, 0) is 37.9 Å². The summed E-state index contributed by atoms with van der Waals surface area (Å²) in [6.07, 6.45) is 4.15. The Kier molecular flexibility index (Phi) is 3.83. The fourth-order valence-corrected chi connectivity index (χ4v) is 4.49. The van der Waals surface area contributed by atoms with Crippen molar-refractivity contribution in [2.24, 2.45) is 0 Å². The van der Waals surface area contributed by atoms with Gasteiger partial charge in [0.05, 0.1) is 0 Å². The number of anilines is 1. The molecule has 3 aliphatic heterocycles. The van der Waals surface area contributed by atoms with Crippen LogP contribution in [0.25, 0.3) is 0 Å². The average Bonchev–Trinajstić information content (AvgIpc) is 2.54. The molecule has 1 N–H and O–H groups in total. The summed E-state index contributed by atoms with van der Waals surface area (Å²) in [5, 5.41) is 2.91. The number of fused-ring (bicyclic) bond motifs is 1. The number of hydrogen-bond donors (Lipinski definition) is 1. The third kappa shape index (κ3) is 2.61. The Bertz CT molecular complexity index is 664. The summed E-state index contributed by atoms with van der Waals surface area (Å²) in [6.45, 7) is 3.01. The molecule has 1 spiro atoms. The number of para-hydroxylation sites is 1. The van der Waals surface area contributed by atoms with Gasteiger partial charge in [0.15, 0.2) is 0 Å². The van der Waals surface area contributed by atoms with Crippen LogP contribution in [0.1, 0.15) is 43.6 Å². The van der Waals surface area contributed by atoms with Crippen molar-refractivity contribution in [2.75, 3.05) is 32.0 Å².